The van der Waals surface area contributed by atoms with E-state index in [-0.39, 0.29) is 18.9 Å². The molecule has 0 aromatic heterocycles. The van der Waals surface area contributed by atoms with Crippen LogP contribution in [0.15, 0.2) is 0 Å². The Bertz CT molecular complexity index is 218. The zero-order valence-electron chi connectivity index (χ0n) is 9.52. The highest BCUT2D eigenvalue weighted by atomic mass is 19.4. The van der Waals surface area contributed by atoms with Crippen molar-refractivity contribution in [3.8, 4) is 0 Å². The van der Waals surface area contributed by atoms with Crippen LogP contribution in [-0.2, 0) is 4.74 Å². The Morgan fingerprint density at radius 2 is 2.12 bits per heavy atom. The van der Waals surface area contributed by atoms with Crippen molar-refractivity contribution in [1.82, 2.24) is 0 Å². The fourth-order valence-electron chi connectivity index (χ4n) is 2.33. The van der Waals surface area contributed by atoms with Crippen LogP contribution in [0, 0.1) is 0 Å². The van der Waals surface area contributed by atoms with Crippen LogP contribution in [0.4, 0.5) is 13.2 Å². The molecule has 1 saturated carbocycles. The molecule has 96 valence electrons. The molecule has 0 aromatic carbocycles. The second kappa shape index (κ2) is 5.36. The van der Waals surface area contributed by atoms with Gasteiger partial charge in [0.15, 0.2) is 0 Å². The molecule has 0 saturated heterocycles. The van der Waals surface area contributed by atoms with E-state index >= 15 is 0 Å². The molecule has 0 aromatic rings. The quantitative estimate of drug-likeness (QED) is 0.818. The number of ether oxygens (including phenoxy) is 1. The first kappa shape index (κ1) is 13.8. The topological polar surface area (TPSA) is 29.5 Å². The van der Waals surface area contributed by atoms with Gasteiger partial charge < -0.3 is 9.84 Å². The summed E-state index contributed by atoms with van der Waals surface area (Å²) in [5.41, 5.74) is -0.954. The van der Waals surface area contributed by atoms with Gasteiger partial charge in [0.2, 0.25) is 0 Å². The van der Waals surface area contributed by atoms with Crippen LogP contribution in [0.3, 0.4) is 0 Å². The van der Waals surface area contributed by atoms with Gasteiger partial charge in [-0.25, -0.2) is 0 Å². The molecule has 1 rings (SSSR count). The molecule has 0 bridgehead atoms. The van der Waals surface area contributed by atoms with Crippen molar-refractivity contribution in [3.63, 3.8) is 0 Å². The molecule has 0 spiro atoms. The number of rotatable bonds is 4. The van der Waals surface area contributed by atoms with Gasteiger partial charge in [0.05, 0.1) is 11.7 Å². The third kappa shape index (κ3) is 4.70. The average molecular weight is 240 g/mol. The largest absolute Gasteiger partial charge is 0.390 e. The molecule has 16 heavy (non-hydrogen) atoms. The van der Waals surface area contributed by atoms with E-state index in [1.165, 1.54) is 0 Å². The van der Waals surface area contributed by atoms with Crippen LogP contribution in [0.2, 0.25) is 0 Å². The summed E-state index contributed by atoms with van der Waals surface area (Å²) in [5.74, 6) is 0. The highest BCUT2D eigenvalue weighted by Gasteiger charge is 2.35. The Balaban J connectivity index is 2.33. The predicted molar refractivity (Wildman–Crippen MR) is 54.1 cm³/mol. The highest BCUT2D eigenvalue weighted by Crippen LogP contribution is 2.35. The summed E-state index contributed by atoms with van der Waals surface area (Å²) >= 11 is 0. The second-order valence-corrected chi connectivity index (χ2v) is 4.65. The van der Waals surface area contributed by atoms with Crippen molar-refractivity contribution in [2.45, 2.75) is 62.8 Å². The maximum absolute atomic E-state index is 12.0. The minimum absolute atomic E-state index is 0.00354. The normalized spacial score (nSPS) is 31.7. The standard InChI is InChI=1S/C11H19F3O2/c1-16-9-4-2-5-10(15,8-9)6-3-7-11(12,13)14/h9,15H,2-8H2,1H3. The van der Waals surface area contributed by atoms with Crippen LogP contribution in [-0.4, -0.2) is 30.1 Å². The third-order valence-corrected chi connectivity index (χ3v) is 3.21. The number of aliphatic hydroxyl groups is 1. The van der Waals surface area contributed by atoms with Crippen LogP contribution in [0.5, 0.6) is 0 Å². The summed E-state index contributed by atoms with van der Waals surface area (Å²) in [4.78, 5) is 0. The van der Waals surface area contributed by atoms with Crippen molar-refractivity contribution < 1.29 is 23.0 Å². The molecule has 0 aliphatic heterocycles. The third-order valence-electron chi connectivity index (χ3n) is 3.21. The van der Waals surface area contributed by atoms with Gasteiger partial charge in [-0.05, 0) is 32.1 Å². The zero-order chi connectivity index (χ0) is 12.2. The minimum atomic E-state index is -4.12. The van der Waals surface area contributed by atoms with Gasteiger partial charge in [0.1, 0.15) is 0 Å². The van der Waals surface area contributed by atoms with Crippen LogP contribution in [0.1, 0.15) is 44.9 Å². The van der Waals surface area contributed by atoms with Gasteiger partial charge in [-0.1, -0.05) is 0 Å². The molecule has 5 heteroatoms. The van der Waals surface area contributed by atoms with Gasteiger partial charge in [-0.3, -0.25) is 0 Å². The summed E-state index contributed by atoms with van der Waals surface area (Å²) in [6, 6.07) is 0. The molecule has 1 aliphatic rings. The van der Waals surface area contributed by atoms with E-state index in [0.717, 1.165) is 12.8 Å². The maximum Gasteiger partial charge on any atom is 0.389 e. The summed E-state index contributed by atoms with van der Waals surface area (Å²) in [6.45, 7) is 0. The monoisotopic (exact) mass is 240 g/mol. The fraction of sp³-hybridized carbons (Fsp3) is 1.00. The number of hydrogen-bond donors (Lipinski definition) is 1. The minimum Gasteiger partial charge on any atom is -0.390 e. The van der Waals surface area contributed by atoms with Gasteiger partial charge >= 0.3 is 6.18 Å². The number of hydrogen-bond acceptors (Lipinski definition) is 2. The Hall–Kier alpha value is -0.290. The molecule has 1 aliphatic carbocycles. The summed E-state index contributed by atoms with van der Waals surface area (Å²) in [5, 5.41) is 10.1. The van der Waals surface area contributed by atoms with Crippen molar-refractivity contribution in [2.75, 3.05) is 7.11 Å². The van der Waals surface area contributed by atoms with Gasteiger partial charge in [-0.2, -0.15) is 13.2 Å². The first-order chi connectivity index (χ1) is 7.35. The van der Waals surface area contributed by atoms with E-state index in [4.69, 9.17) is 4.74 Å². The van der Waals surface area contributed by atoms with E-state index in [0.29, 0.717) is 12.8 Å². The van der Waals surface area contributed by atoms with Crippen LogP contribution < -0.4 is 0 Å². The Morgan fingerprint density at radius 3 is 2.69 bits per heavy atom. The number of alkyl halides is 3. The highest BCUT2D eigenvalue weighted by molar-refractivity contribution is 4.86. The van der Waals surface area contributed by atoms with E-state index in [1.54, 1.807) is 7.11 Å². The van der Waals surface area contributed by atoms with Gasteiger partial charge in [-0.15, -0.1) is 0 Å². The van der Waals surface area contributed by atoms with E-state index < -0.39 is 18.2 Å². The Kier molecular flexibility index (Phi) is 4.62. The van der Waals surface area contributed by atoms with Crippen molar-refractivity contribution >= 4 is 0 Å². The fourth-order valence-corrected chi connectivity index (χ4v) is 2.33. The van der Waals surface area contributed by atoms with Crippen molar-refractivity contribution in [3.05, 3.63) is 0 Å². The van der Waals surface area contributed by atoms with Crippen LogP contribution in [0.25, 0.3) is 0 Å². The maximum atomic E-state index is 12.0. The molecule has 2 unspecified atom stereocenters. The first-order valence-electron chi connectivity index (χ1n) is 5.67. The number of methoxy groups -OCH3 is 1. The lowest BCUT2D eigenvalue weighted by Gasteiger charge is -2.36. The van der Waals surface area contributed by atoms with Crippen LogP contribution >= 0.6 is 0 Å². The summed E-state index contributed by atoms with van der Waals surface area (Å²) in [7, 11) is 1.58. The Morgan fingerprint density at radius 1 is 1.44 bits per heavy atom. The smallest absolute Gasteiger partial charge is 0.389 e. The molecule has 2 atom stereocenters. The lowest BCUT2D eigenvalue weighted by Crippen LogP contribution is -2.38. The predicted octanol–water partition coefficient (Wildman–Crippen LogP) is 3.04. The number of halogens is 3. The second-order valence-electron chi connectivity index (χ2n) is 4.65. The Labute approximate surface area is 93.8 Å². The summed E-state index contributed by atoms with van der Waals surface area (Å²) < 4.78 is 41.1. The first-order valence-corrected chi connectivity index (χ1v) is 5.67. The molecule has 0 heterocycles. The van der Waals surface area contributed by atoms with Gasteiger partial charge in [0, 0.05) is 20.0 Å². The van der Waals surface area contributed by atoms with E-state index in [1.807, 2.05) is 0 Å². The lowest BCUT2D eigenvalue weighted by atomic mass is 9.80. The van der Waals surface area contributed by atoms with E-state index in [9.17, 15) is 18.3 Å². The SMILES string of the molecule is COC1CCCC(O)(CCCC(F)(F)F)C1. The molecule has 1 N–H and O–H groups in total. The van der Waals surface area contributed by atoms with Crippen molar-refractivity contribution in [2.24, 2.45) is 0 Å². The zero-order valence-corrected chi connectivity index (χ0v) is 9.52. The molecular weight excluding hydrogens is 221 g/mol. The van der Waals surface area contributed by atoms with Gasteiger partial charge in [0.25, 0.3) is 0 Å². The average Bonchev–Trinajstić information content (AvgIpc) is 2.15. The van der Waals surface area contributed by atoms with E-state index in [2.05, 4.69) is 0 Å². The molecule has 0 amide bonds. The molecule has 0 radical (unpaired) electrons. The summed E-state index contributed by atoms with van der Waals surface area (Å²) in [6.07, 6.45) is -1.98. The molecule has 2 nitrogen and oxygen atoms in total. The molecule has 1 fully saturated rings. The van der Waals surface area contributed by atoms with Crippen molar-refractivity contribution in [1.29, 1.82) is 0 Å². The molecular formula is C11H19F3O2. The lowest BCUT2D eigenvalue weighted by molar-refractivity contribution is -0.139.